The number of nitrogens with one attached hydrogen (secondary N) is 1. The van der Waals surface area contributed by atoms with E-state index in [1.54, 1.807) is 48.5 Å². The van der Waals surface area contributed by atoms with Crippen molar-refractivity contribution < 1.29 is 9.21 Å². The number of halogens is 2. The summed E-state index contributed by atoms with van der Waals surface area (Å²) in [7, 11) is 0. The van der Waals surface area contributed by atoms with E-state index in [0.29, 0.717) is 43.9 Å². The Morgan fingerprint density at radius 3 is 2.28 bits per heavy atom. The van der Waals surface area contributed by atoms with Crippen LogP contribution >= 0.6 is 23.2 Å². The van der Waals surface area contributed by atoms with Crippen molar-refractivity contribution in [2.24, 2.45) is 0 Å². The zero-order chi connectivity index (χ0) is 22.1. The molecule has 1 heterocycles. The molecule has 0 unspecified atom stereocenters. The molecule has 156 valence electrons. The van der Waals surface area contributed by atoms with Gasteiger partial charge in [0.25, 0.3) is 5.91 Å². The highest BCUT2D eigenvalue weighted by atomic mass is 35.5. The van der Waals surface area contributed by atoms with Crippen LogP contribution in [0.2, 0.25) is 10.0 Å². The van der Waals surface area contributed by atoms with Gasteiger partial charge in [-0.25, -0.2) is 4.98 Å². The van der Waals surface area contributed by atoms with Gasteiger partial charge in [0, 0.05) is 16.1 Å². The number of rotatable bonds is 4. The Morgan fingerprint density at radius 2 is 1.50 bits per heavy atom. The van der Waals surface area contributed by atoms with Crippen LogP contribution in [0.4, 0.5) is 5.69 Å². The maximum atomic E-state index is 12.8. The number of nitrogens with zero attached hydrogens (tertiary/aromatic N) is 1. The van der Waals surface area contributed by atoms with Gasteiger partial charge in [0.1, 0.15) is 5.52 Å². The van der Waals surface area contributed by atoms with E-state index in [0.717, 1.165) is 11.1 Å². The molecule has 0 fully saturated rings. The minimum absolute atomic E-state index is 0.256. The lowest BCUT2D eigenvalue weighted by atomic mass is 10.0. The van der Waals surface area contributed by atoms with Crippen LogP contribution in [0.15, 0.2) is 95.4 Å². The molecule has 6 heteroatoms. The second-order valence-electron chi connectivity index (χ2n) is 7.22. The number of benzene rings is 4. The van der Waals surface area contributed by atoms with Gasteiger partial charge >= 0.3 is 0 Å². The third-order valence-electron chi connectivity index (χ3n) is 5.07. The number of oxazole rings is 1. The van der Waals surface area contributed by atoms with Crippen LogP contribution in [-0.2, 0) is 0 Å². The molecule has 4 nitrogen and oxygen atoms in total. The second-order valence-corrected chi connectivity index (χ2v) is 8.07. The number of anilines is 1. The van der Waals surface area contributed by atoms with E-state index in [1.165, 1.54) is 0 Å². The molecule has 0 spiro atoms. The Labute approximate surface area is 194 Å². The van der Waals surface area contributed by atoms with Gasteiger partial charge in [0.2, 0.25) is 5.89 Å². The molecule has 4 aromatic carbocycles. The monoisotopic (exact) mass is 458 g/mol. The first-order valence-electron chi connectivity index (χ1n) is 9.90. The summed E-state index contributed by atoms with van der Waals surface area (Å²) in [5, 5.41) is 3.88. The molecule has 0 saturated carbocycles. The summed E-state index contributed by atoms with van der Waals surface area (Å²) in [5.41, 5.74) is 5.11. The summed E-state index contributed by atoms with van der Waals surface area (Å²) in [6.07, 6.45) is 0. The van der Waals surface area contributed by atoms with E-state index in [2.05, 4.69) is 10.3 Å². The molecule has 5 rings (SSSR count). The molecule has 0 bridgehead atoms. The van der Waals surface area contributed by atoms with Crippen LogP contribution in [-0.4, -0.2) is 10.9 Å². The van der Waals surface area contributed by atoms with Gasteiger partial charge < -0.3 is 9.73 Å². The van der Waals surface area contributed by atoms with Gasteiger partial charge in [0.05, 0.1) is 10.7 Å². The number of fused-ring (bicyclic) bond motifs is 1. The van der Waals surface area contributed by atoms with Gasteiger partial charge in [-0.15, -0.1) is 0 Å². The maximum Gasteiger partial charge on any atom is 0.255 e. The van der Waals surface area contributed by atoms with E-state index in [-0.39, 0.29) is 5.91 Å². The van der Waals surface area contributed by atoms with Crippen molar-refractivity contribution >= 4 is 45.9 Å². The number of amides is 1. The van der Waals surface area contributed by atoms with Crippen LogP contribution in [0.25, 0.3) is 33.7 Å². The highest BCUT2D eigenvalue weighted by Crippen LogP contribution is 2.31. The largest absolute Gasteiger partial charge is 0.436 e. The number of carbonyl (C=O) groups is 1. The smallest absolute Gasteiger partial charge is 0.255 e. The van der Waals surface area contributed by atoms with Crippen LogP contribution in [0.1, 0.15) is 10.4 Å². The lowest BCUT2D eigenvalue weighted by Crippen LogP contribution is -2.12. The molecule has 0 radical (unpaired) electrons. The molecule has 0 atom stereocenters. The molecule has 5 aromatic rings. The lowest BCUT2D eigenvalue weighted by molar-refractivity contribution is 0.102. The summed E-state index contributed by atoms with van der Waals surface area (Å²) < 4.78 is 5.82. The van der Waals surface area contributed by atoms with Crippen molar-refractivity contribution in [2.45, 2.75) is 0 Å². The minimum atomic E-state index is -0.256. The predicted molar refractivity (Wildman–Crippen MR) is 129 cm³/mol. The van der Waals surface area contributed by atoms with Crippen LogP contribution < -0.4 is 5.32 Å². The summed E-state index contributed by atoms with van der Waals surface area (Å²) in [4.78, 5) is 17.3. The van der Waals surface area contributed by atoms with E-state index < -0.39 is 0 Å². The highest BCUT2D eigenvalue weighted by Gasteiger charge is 2.14. The number of hydrogen-bond donors (Lipinski definition) is 1. The van der Waals surface area contributed by atoms with Crippen molar-refractivity contribution in [3.8, 4) is 22.6 Å². The third-order valence-corrected chi connectivity index (χ3v) is 5.63. The Bertz CT molecular complexity index is 1430. The van der Waals surface area contributed by atoms with Crippen molar-refractivity contribution in [3.63, 3.8) is 0 Å². The summed E-state index contributed by atoms with van der Waals surface area (Å²) in [5.74, 6) is 0.162. The molecule has 0 aliphatic heterocycles. The first-order chi connectivity index (χ1) is 15.6. The Kier molecular flexibility index (Phi) is 5.39. The van der Waals surface area contributed by atoms with Crippen molar-refractivity contribution in [1.82, 2.24) is 4.98 Å². The fraction of sp³-hybridized carbons (Fsp3) is 0. The molecule has 0 aliphatic carbocycles. The molecule has 0 saturated heterocycles. The Hall–Kier alpha value is -3.60. The topological polar surface area (TPSA) is 55.1 Å². The van der Waals surface area contributed by atoms with E-state index in [4.69, 9.17) is 27.6 Å². The van der Waals surface area contributed by atoms with E-state index in [1.807, 2.05) is 42.5 Å². The average Bonchev–Trinajstić information content (AvgIpc) is 3.24. The van der Waals surface area contributed by atoms with Gasteiger partial charge in [-0.2, -0.15) is 0 Å². The fourth-order valence-electron chi connectivity index (χ4n) is 3.42. The zero-order valence-electron chi connectivity index (χ0n) is 16.7. The SMILES string of the molecule is O=C(Nc1cc(-c2nc3cc(Cl)ccc3o2)ccc1Cl)c1ccc(-c2ccccc2)cc1. The van der Waals surface area contributed by atoms with Crippen LogP contribution in [0.5, 0.6) is 0 Å². The van der Waals surface area contributed by atoms with Crippen molar-refractivity contribution in [1.29, 1.82) is 0 Å². The second kappa shape index (κ2) is 8.50. The first-order valence-corrected chi connectivity index (χ1v) is 10.7. The van der Waals surface area contributed by atoms with Crippen LogP contribution in [0.3, 0.4) is 0 Å². The summed E-state index contributed by atoms with van der Waals surface area (Å²) >= 11 is 12.4. The maximum absolute atomic E-state index is 12.8. The van der Waals surface area contributed by atoms with E-state index >= 15 is 0 Å². The van der Waals surface area contributed by atoms with Gasteiger partial charge in [-0.1, -0.05) is 65.7 Å². The summed E-state index contributed by atoms with van der Waals surface area (Å²) in [6.45, 7) is 0. The number of hydrogen-bond acceptors (Lipinski definition) is 3. The number of aromatic nitrogens is 1. The van der Waals surface area contributed by atoms with Gasteiger partial charge in [-0.3, -0.25) is 4.79 Å². The molecule has 32 heavy (non-hydrogen) atoms. The molecule has 1 aromatic heterocycles. The van der Waals surface area contributed by atoms with Crippen LogP contribution in [0, 0.1) is 0 Å². The summed E-state index contributed by atoms with van der Waals surface area (Å²) in [6, 6.07) is 27.9. The lowest BCUT2D eigenvalue weighted by Gasteiger charge is -2.09. The quantitative estimate of drug-likeness (QED) is 0.299. The van der Waals surface area contributed by atoms with Gasteiger partial charge in [0.15, 0.2) is 5.58 Å². The zero-order valence-corrected chi connectivity index (χ0v) is 18.2. The normalized spacial score (nSPS) is 10.9. The minimum Gasteiger partial charge on any atom is -0.436 e. The fourth-order valence-corrected chi connectivity index (χ4v) is 3.75. The first kappa shape index (κ1) is 20.3. The molecule has 1 amide bonds. The van der Waals surface area contributed by atoms with Gasteiger partial charge in [-0.05, 0) is 59.7 Å². The molecular formula is C26H16Cl2N2O2. The molecular weight excluding hydrogens is 443 g/mol. The van der Waals surface area contributed by atoms with E-state index in [9.17, 15) is 4.79 Å². The predicted octanol–water partition coefficient (Wildman–Crippen LogP) is 7.72. The third kappa shape index (κ3) is 4.11. The molecule has 0 aliphatic rings. The Morgan fingerprint density at radius 1 is 0.781 bits per heavy atom. The van der Waals surface area contributed by atoms with Crippen molar-refractivity contribution in [2.75, 3.05) is 5.32 Å². The standard InChI is InChI=1S/C26H16Cl2N2O2/c27-20-11-13-24-23(15-20)30-26(32-24)19-10-12-21(28)22(14-19)29-25(31)18-8-6-17(7-9-18)16-4-2-1-3-5-16/h1-15H,(H,29,31). The molecule has 1 N–H and O–H groups in total. The highest BCUT2D eigenvalue weighted by molar-refractivity contribution is 6.34. The average molecular weight is 459 g/mol. The Balaban J connectivity index is 1.39. The van der Waals surface area contributed by atoms with Crippen molar-refractivity contribution in [3.05, 3.63) is 107 Å². The number of carbonyl (C=O) groups excluding carboxylic acids is 1.